The first-order valence-corrected chi connectivity index (χ1v) is 8.20. The van der Waals surface area contributed by atoms with Gasteiger partial charge in [-0.25, -0.2) is 0 Å². The molecule has 0 amide bonds. The zero-order valence-corrected chi connectivity index (χ0v) is 13.3. The summed E-state index contributed by atoms with van der Waals surface area (Å²) < 4.78 is 8.39. The molecule has 3 fully saturated rings. The third-order valence-corrected chi connectivity index (χ3v) is 6.72. The molecule has 100 valence electrons. The van der Waals surface area contributed by atoms with Crippen LogP contribution >= 0.6 is 25.4 Å². The van der Waals surface area contributed by atoms with E-state index in [4.69, 9.17) is 0 Å². The van der Waals surface area contributed by atoms with Gasteiger partial charge in [0, 0.05) is 39.3 Å². The predicted octanol–water partition coefficient (Wildman–Crippen LogP) is 3.08. The van der Waals surface area contributed by atoms with Crippen LogP contribution in [0.3, 0.4) is 0 Å². The van der Waals surface area contributed by atoms with Gasteiger partial charge in [-0.3, -0.25) is 14.0 Å². The largest absolute Gasteiger partial charge is 0.257 e. The van der Waals surface area contributed by atoms with Gasteiger partial charge in [-0.1, -0.05) is 0 Å². The molecule has 0 aromatic heterocycles. The normalized spacial score (nSPS) is 28.1. The van der Waals surface area contributed by atoms with Crippen LogP contribution in [0.15, 0.2) is 0 Å². The number of nitrogens with zero attached hydrogens (tertiary/aromatic N) is 3. The molecule has 0 unspecified atom stereocenters. The maximum atomic E-state index is 2.80. The van der Waals surface area contributed by atoms with Crippen LogP contribution in [0.25, 0.3) is 0 Å². The van der Waals surface area contributed by atoms with Crippen molar-refractivity contribution in [3.63, 3.8) is 0 Å². The van der Waals surface area contributed by atoms with Gasteiger partial charge in [-0.05, 0) is 38.5 Å². The summed E-state index contributed by atoms with van der Waals surface area (Å²) >= 11 is 0. The summed E-state index contributed by atoms with van der Waals surface area (Å²) in [6.07, 6.45) is 8.59. The molecule has 0 N–H and O–H groups in total. The Hall–Kier alpha value is 0.790. The second kappa shape index (κ2) is 6.81. The van der Waals surface area contributed by atoms with Crippen molar-refractivity contribution in [2.75, 3.05) is 39.3 Å². The number of hydrogen-bond acceptors (Lipinski definition) is 3. The predicted molar refractivity (Wildman–Crippen MR) is 79.7 cm³/mol. The Balaban J connectivity index is 0.00000108. The molecule has 0 atom stereocenters. The van der Waals surface area contributed by atoms with Gasteiger partial charge in [0.2, 0.25) is 0 Å². The average molecular weight is 322 g/mol. The first-order chi connectivity index (χ1) is 7.95. The maximum absolute atomic E-state index is 2.80. The molecule has 0 bridgehead atoms. The summed E-state index contributed by atoms with van der Waals surface area (Å²) in [5.74, 6) is 0. The van der Waals surface area contributed by atoms with E-state index in [1.807, 2.05) is 0 Å². The molecular formula is C12H25BrN3P. The molecule has 3 aliphatic rings. The smallest absolute Gasteiger partial charge is 0.120 e. The highest BCUT2D eigenvalue weighted by Gasteiger charge is 2.35. The van der Waals surface area contributed by atoms with Gasteiger partial charge >= 0.3 is 0 Å². The third kappa shape index (κ3) is 3.22. The van der Waals surface area contributed by atoms with Crippen LogP contribution in [0, 0.1) is 0 Å². The van der Waals surface area contributed by atoms with Crippen LogP contribution < -0.4 is 0 Å². The van der Waals surface area contributed by atoms with Gasteiger partial charge in [0.1, 0.15) is 8.37 Å². The first kappa shape index (κ1) is 14.2. The fraction of sp³-hybridized carbons (Fsp3) is 1.00. The van der Waals surface area contributed by atoms with E-state index in [1.165, 1.54) is 77.8 Å². The van der Waals surface area contributed by atoms with E-state index in [0.29, 0.717) is 0 Å². The van der Waals surface area contributed by atoms with E-state index in [9.17, 15) is 0 Å². The molecule has 3 saturated heterocycles. The van der Waals surface area contributed by atoms with Crippen molar-refractivity contribution in [2.24, 2.45) is 0 Å². The van der Waals surface area contributed by atoms with Crippen molar-refractivity contribution in [3.05, 3.63) is 0 Å². The number of hydrogen-bond donors (Lipinski definition) is 0. The van der Waals surface area contributed by atoms with Crippen LogP contribution in [0.4, 0.5) is 0 Å². The van der Waals surface area contributed by atoms with Crippen LogP contribution in [-0.2, 0) is 0 Å². The van der Waals surface area contributed by atoms with Crippen molar-refractivity contribution in [1.82, 2.24) is 14.0 Å². The third-order valence-electron chi connectivity index (χ3n) is 4.01. The summed E-state index contributed by atoms with van der Waals surface area (Å²) in [6, 6.07) is 0. The average Bonchev–Trinajstić information content (AvgIpc) is 3.02. The molecule has 3 rings (SSSR count). The molecule has 0 aromatic carbocycles. The van der Waals surface area contributed by atoms with Crippen LogP contribution in [-0.4, -0.2) is 53.3 Å². The SMILES string of the molecule is Br.C1CCN(P(N2CCCC2)N2CCCC2)C1. The fourth-order valence-electron chi connectivity index (χ4n) is 3.17. The second-order valence-electron chi connectivity index (χ2n) is 5.25. The minimum atomic E-state index is -0.0640. The molecule has 5 heteroatoms. The van der Waals surface area contributed by atoms with Gasteiger partial charge in [0.05, 0.1) is 0 Å². The molecule has 3 heterocycles. The lowest BCUT2D eigenvalue weighted by Crippen LogP contribution is -2.34. The number of halogens is 1. The molecule has 3 aliphatic heterocycles. The summed E-state index contributed by atoms with van der Waals surface area (Å²) in [7, 11) is -0.0640. The summed E-state index contributed by atoms with van der Waals surface area (Å²) in [4.78, 5) is 0. The van der Waals surface area contributed by atoms with Crippen molar-refractivity contribution in [2.45, 2.75) is 38.5 Å². The molecule has 17 heavy (non-hydrogen) atoms. The van der Waals surface area contributed by atoms with Gasteiger partial charge < -0.3 is 0 Å². The monoisotopic (exact) mass is 321 g/mol. The molecule has 0 saturated carbocycles. The molecule has 0 radical (unpaired) electrons. The lowest BCUT2D eigenvalue weighted by molar-refractivity contribution is 0.397. The summed E-state index contributed by atoms with van der Waals surface area (Å²) in [5.41, 5.74) is 0. The minimum absolute atomic E-state index is 0. The Kier molecular flexibility index (Phi) is 5.69. The van der Waals surface area contributed by atoms with E-state index in [2.05, 4.69) is 14.0 Å². The van der Waals surface area contributed by atoms with E-state index >= 15 is 0 Å². The van der Waals surface area contributed by atoms with Crippen molar-refractivity contribution >= 4 is 25.4 Å². The van der Waals surface area contributed by atoms with Gasteiger partial charge in [0.15, 0.2) is 0 Å². The Morgan fingerprint density at radius 2 is 0.706 bits per heavy atom. The highest BCUT2D eigenvalue weighted by molar-refractivity contribution is 8.93. The van der Waals surface area contributed by atoms with E-state index < -0.39 is 0 Å². The van der Waals surface area contributed by atoms with Crippen molar-refractivity contribution in [1.29, 1.82) is 0 Å². The summed E-state index contributed by atoms with van der Waals surface area (Å²) in [6.45, 7) is 8.16. The first-order valence-electron chi connectivity index (χ1n) is 7.00. The van der Waals surface area contributed by atoms with E-state index in [0.717, 1.165) is 0 Å². The Morgan fingerprint density at radius 1 is 0.471 bits per heavy atom. The molecular weight excluding hydrogens is 297 g/mol. The molecule has 3 nitrogen and oxygen atoms in total. The zero-order chi connectivity index (χ0) is 10.8. The van der Waals surface area contributed by atoms with Gasteiger partial charge in [0.25, 0.3) is 0 Å². The minimum Gasteiger partial charge on any atom is -0.257 e. The maximum Gasteiger partial charge on any atom is 0.120 e. The highest BCUT2D eigenvalue weighted by Crippen LogP contribution is 2.52. The quantitative estimate of drug-likeness (QED) is 0.740. The van der Waals surface area contributed by atoms with Gasteiger partial charge in [-0.15, -0.1) is 17.0 Å². The lowest BCUT2D eigenvalue weighted by Gasteiger charge is -2.40. The van der Waals surface area contributed by atoms with Crippen molar-refractivity contribution in [3.8, 4) is 0 Å². The standard InChI is InChI=1S/C12H24N3P.BrH/c1-2-8-13(7-1)16(14-9-3-4-10-14)15-11-5-6-12-15;/h1-12H2;1H. The second-order valence-corrected chi connectivity index (χ2v) is 7.48. The van der Waals surface area contributed by atoms with Crippen LogP contribution in [0.1, 0.15) is 38.5 Å². The fourth-order valence-corrected chi connectivity index (χ4v) is 6.17. The van der Waals surface area contributed by atoms with Crippen molar-refractivity contribution < 1.29 is 0 Å². The summed E-state index contributed by atoms with van der Waals surface area (Å²) in [5, 5.41) is 0. The Labute approximate surface area is 117 Å². The Bertz CT molecular complexity index is 186. The van der Waals surface area contributed by atoms with E-state index in [1.54, 1.807) is 0 Å². The van der Waals surface area contributed by atoms with Crippen LogP contribution in [0.5, 0.6) is 0 Å². The Morgan fingerprint density at radius 3 is 0.941 bits per heavy atom. The van der Waals surface area contributed by atoms with Gasteiger partial charge in [-0.2, -0.15) is 0 Å². The number of rotatable bonds is 3. The topological polar surface area (TPSA) is 9.72 Å². The van der Waals surface area contributed by atoms with E-state index in [-0.39, 0.29) is 25.4 Å². The highest BCUT2D eigenvalue weighted by atomic mass is 79.9. The molecule has 0 spiro atoms. The molecule has 0 aromatic rings. The lowest BCUT2D eigenvalue weighted by atomic mass is 10.4. The molecule has 0 aliphatic carbocycles. The van der Waals surface area contributed by atoms with Crippen LogP contribution in [0.2, 0.25) is 0 Å². The zero-order valence-electron chi connectivity index (χ0n) is 10.7.